The van der Waals surface area contributed by atoms with E-state index in [-0.39, 0.29) is 5.56 Å². The second kappa shape index (κ2) is 8.02. The third-order valence-corrected chi connectivity index (χ3v) is 4.84. The lowest BCUT2D eigenvalue weighted by Crippen LogP contribution is -2.28. The molecule has 0 amide bonds. The molecule has 2 aromatic heterocycles. The van der Waals surface area contributed by atoms with Crippen LogP contribution >= 0.6 is 0 Å². The minimum Gasteiger partial charge on any atom is -0.372 e. The maximum atomic E-state index is 13.7. The van der Waals surface area contributed by atoms with Gasteiger partial charge < -0.3 is 15.1 Å². The first-order valence-electron chi connectivity index (χ1n) is 9.30. The largest absolute Gasteiger partial charge is 0.372 e. The SMILES string of the molecule is C=C(Nc1cnccn1)N1CCCN(C)c2ccc(-c3cc(F)c(F)c(F)c3)nc21. The van der Waals surface area contributed by atoms with E-state index in [0.717, 1.165) is 30.8 Å². The Balaban J connectivity index is 1.75. The summed E-state index contributed by atoms with van der Waals surface area (Å²) >= 11 is 0. The number of anilines is 3. The van der Waals surface area contributed by atoms with Gasteiger partial charge in [-0.3, -0.25) is 4.98 Å². The van der Waals surface area contributed by atoms with Gasteiger partial charge in [-0.25, -0.2) is 23.1 Å². The molecule has 3 heterocycles. The number of nitrogens with zero attached hydrogens (tertiary/aromatic N) is 5. The molecule has 30 heavy (non-hydrogen) atoms. The minimum absolute atomic E-state index is 0.147. The van der Waals surface area contributed by atoms with Gasteiger partial charge in [0.05, 0.1) is 17.6 Å². The van der Waals surface area contributed by atoms with Crippen LogP contribution < -0.4 is 15.1 Å². The van der Waals surface area contributed by atoms with Gasteiger partial charge in [0.2, 0.25) is 0 Å². The van der Waals surface area contributed by atoms with Crippen LogP contribution in [0.5, 0.6) is 0 Å². The highest BCUT2D eigenvalue weighted by molar-refractivity contribution is 5.75. The van der Waals surface area contributed by atoms with Crippen molar-refractivity contribution in [3.63, 3.8) is 0 Å². The van der Waals surface area contributed by atoms with Crippen LogP contribution in [0.1, 0.15) is 6.42 Å². The van der Waals surface area contributed by atoms with Crippen LogP contribution in [-0.4, -0.2) is 35.1 Å². The number of halogens is 3. The Morgan fingerprint density at radius 1 is 1.10 bits per heavy atom. The Labute approximate surface area is 171 Å². The third-order valence-electron chi connectivity index (χ3n) is 4.84. The first-order valence-corrected chi connectivity index (χ1v) is 9.30. The summed E-state index contributed by atoms with van der Waals surface area (Å²) in [7, 11) is 1.94. The van der Waals surface area contributed by atoms with E-state index in [0.29, 0.717) is 29.7 Å². The monoisotopic (exact) mass is 412 g/mol. The smallest absolute Gasteiger partial charge is 0.194 e. The van der Waals surface area contributed by atoms with Gasteiger partial charge in [-0.05, 0) is 30.7 Å². The Morgan fingerprint density at radius 3 is 2.57 bits per heavy atom. The molecule has 1 N–H and O–H groups in total. The summed E-state index contributed by atoms with van der Waals surface area (Å²) in [6.07, 6.45) is 5.54. The molecule has 3 aromatic rings. The highest BCUT2D eigenvalue weighted by Gasteiger charge is 2.23. The van der Waals surface area contributed by atoms with E-state index < -0.39 is 17.5 Å². The van der Waals surface area contributed by atoms with Crippen molar-refractivity contribution in [2.75, 3.05) is 35.3 Å². The molecule has 0 unspecified atom stereocenters. The summed E-state index contributed by atoms with van der Waals surface area (Å²) in [6.45, 7) is 5.51. The normalized spacial score (nSPS) is 13.6. The van der Waals surface area contributed by atoms with Crippen LogP contribution in [0.3, 0.4) is 0 Å². The van der Waals surface area contributed by atoms with Crippen LogP contribution in [0.15, 0.2) is 55.3 Å². The van der Waals surface area contributed by atoms with E-state index in [1.807, 2.05) is 22.9 Å². The second-order valence-corrected chi connectivity index (χ2v) is 6.88. The van der Waals surface area contributed by atoms with E-state index >= 15 is 0 Å². The number of nitrogens with one attached hydrogen (secondary N) is 1. The van der Waals surface area contributed by atoms with Crippen molar-refractivity contribution >= 4 is 17.3 Å². The number of fused-ring (bicyclic) bond motifs is 1. The lowest BCUT2D eigenvalue weighted by atomic mass is 10.1. The molecular weight excluding hydrogens is 393 g/mol. The van der Waals surface area contributed by atoms with Gasteiger partial charge in [0, 0.05) is 38.1 Å². The number of benzene rings is 1. The second-order valence-electron chi connectivity index (χ2n) is 6.88. The minimum atomic E-state index is -1.50. The molecule has 154 valence electrons. The van der Waals surface area contributed by atoms with Crippen molar-refractivity contribution in [2.24, 2.45) is 0 Å². The molecule has 1 aromatic carbocycles. The van der Waals surface area contributed by atoms with Crippen molar-refractivity contribution in [1.82, 2.24) is 15.0 Å². The summed E-state index contributed by atoms with van der Waals surface area (Å²) < 4.78 is 40.8. The van der Waals surface area contributed by atoms with Crippen LogP contribution in [-0.2, 0) is 0 Å². The Morgan fingerprint density at radius 2 is 1.87 bits per heavy atom. The summed E-state index contributed by atoms with van der Waals surface area (Å²) in [4.78, 5) is 16.8. The first kappa shape index (κ1) is 19.7. The fourth-order valence-electron chi connectivity index (χ4n) is 3.34. The maximum absolute atomic E-state index is 13.7. The predicted molar refractivity (Wildman–Crippen MR) is 110 cm³/mol. The molecule has 0 aliphatic carbocycles. The molecule has 0 fully saturated rings. The zero-order valence-corrected chi connectivity index (χ0v) is 16.2. The fraction of sp³-hybridized carbons (Fsp3) is 0.190. The Kier molecular flexibility index (Phi) is 5.26. The Bertz CT molecular complexity index is 1070. The topological polar surface area (TPSA) is 57.2 Å². The number of pyridine rings is 1. The van der Waals surface area contributed by atoms with Gasteiger partial charge >= 0.3 is 0 Å². The molecule has 0 bridgehead atoms. The van der Waals surface area contributed by atoms with Crippen LogP contribution in [0, 0.1) is 17.5 Å². The highest BCUT2D eigenvalue weighted by atomic mass is 19.2. The summed E-state index contributed by atoms with van der Waals surface area (Å²) in [5.74, 6) is -2.39. The quantitative estimate of drug-likeness (QED) is 0.649. The maximum Gasteiger partial charge on any atom is 0.194 e. The number of hydrogen-bond donors (Lipinski definition) is 1. The first-order chi connectivity index (χ1) is 14.4. The van der Waals surface area contributed by atoms with Gasteiger partial charge in [-0.15, -0.1) is 0 Å². The zero-order valence-electron chi connectivity index (χ0n) is 16.2. The predicted octanol–water partition coefficient (Wildman–Crippen LogP) is 4.19. The molecular formula is C21H19F3N6. The zero-order chi connectivity index (χ0) is 21.3. The van der Waals surface area contributed by atoms with E-state index in [2.05, 4.69) is 26.8 Å². The van der Waals surface area contributed by atoms with Crippen molar-refractivity contribution in [2.45, 2.75) is 6.42 Å². The lowest BCUT2D eigenvalue weighted by Gasteiger charge is -2.27. The number of rotatable bonds is 4. The van der Waals surface area contributed by atoms with Crippen molar-refractivity contribution < 1.29 is 13.2 Å². The third kappa shape index (κ3) is 3.78. The molecule has 1 aliphatic rings. The molecule has 0 saturated carbocycles. The number of aromatic nitrogens is 3. The molecule has 4 rings (SSSR count). The van der Waals surface area contributed by atoms with Crippen LogP contribution in [0.2, 0.25) is 0 Å². The van der Waals surface area contributed by atoms with Crippen molar-refractivity contribution in [1.29, 1.82) is 0 Å². The van der Waals surface area contributed by atoms with Gasteiger partial charge in [0.25, 0.3) is 0 Å². The van der Waals surface area contributed by atoms with Crippen LogP contribution in [0.4, 0.5) is 30.5 Å². The van der Waals surface area contributed by atoms with Crippen LogP contribution in [0.25, 0.3) is 11.3 Å². The standard InChI is InChI=1S/C21H19F3N6/c1-13(27-19-12-25-6-7-26-19)30-9-3-8-29(2)18-5-4-17(28-21(18)30)14-10-15(22)20(24)16(23)11-14/h4-7,10-12H,1,3,8-9H2,2H3,(H,26,27). The van der Waals surface area contributed by atoms with Gasteiger partial charge in [-0.2, -0.15) is 0 Å². The highest BCUT2D eigenvalue weighted by Crippen LogP contribution is 2.35. The average molecular weight is 412 g/mol. The molecule has 0 saturated heterocycles. The van der Waals surface area contributed by atoms with Crippen molar-refractivity contribution in [3.05, 3.63) is 72.7 Å². The van der Waals surface area contributed by atoms with Crippen molar-refractivity contribution in [3.8, 4) is 11.3 Å². The average Bonchev–Trinajstić information content (AvgIpc) is 2.91. The summed E-state index contributed by atoms with van der Waals surface area (Å²) in [6, 6.07) is 5.35. The summed E-state index contributed by atoms with van der Waals surface area (Å²) in [5, 5.41) is 3.11. The van der Waals surface area contributed by atoms with E-state index in [9.17, 15) is 13.2 Å². The molecule has 0 spiro atoms. The van der Waals surface area contributed by atoms with E-state index in [1.165, 1.54) is 0 Å². The molecule has 6 nitrogen and oxygen atoms in total. The summed E-state index contributed by atoms with van der Waals surface area (Å²) in [5.41, 5.74) is 1.30. The molecule has 1 aliphatic heterocycles. The lowest BCUT2D eigenvalue weighted by molar-refractivity contribution is 0.447. The van der Waals surface area contributed by atoms with E-state index in [1.54, 1.807) is 24.7 Å². The molecule has 0 atom stereocenters. The number of hydrogen-bond acceptors (Lipinski definition) is 6. The van der Waals surface area contributed by atoms with Gasteiger partial charge in [-0.1, -0.05) is 6.58 Å². The molecule has 9 heteroatoms. The fourth-order valence-corrected chi connectivity index (χ4v) is 3.34. The van der Waals surface area contributed by atoms with Gasteiger partial charge in [0.1, 0.15) is 11.6 Å². The van der Waals surface area contributed by atoms with Gasteiger partial charge in [0.15, 0.2) is 23.3 Å². The molecule has 0 radical (unpaired) electrons. The van der Waals surface area contributed by atoms with E-state index in [4.69, 9.17) is 0 Å². The Hall–Kier alpha value is -3.62.